The van der Waals surface area contributed by atoms with Crippen molar-refractivity contribution in [2.24, 2.45) is 10.4 Å². The molecule has 1 spiro atoms. The van der Waals surface area contributed by atoms with E-state index < -0.39 is 0 Å². The van der Waals surface area contributed by atoms with Gasteiger partial charge in [0.25, 0.3) is 0 Å². The van der Waals surface area contributed by atoms with Crippen molar-refractivity contribution in [2.75, 3.05) is 12.3 Å². The van der Waals surface area contributed by atoms with Gasteiger partial charge in [0, 0.05) is 22.1 Å². The standard InChI is InChI=1S/C16H24N2S2/c1-12-8-14(20-13(12)2)9-17-15-18-10-16(11-19-15)6-4-3-5-7-16/h8H,3-7,9-11H2,1-2H3,(H,17,18). The fourth-order valence-corrected chi connectivity index (χ4v) is 5.31. The second kappa shape index (κ2) is 6.10. The summed E-state index contributed by atoms with van der Waals surface area (Å²) in [5.74, 6) is 1.27. The van der Waals surface area contributed by atoms with Crippen molar-refractivity contribution < 1.29 is 0 Å². The molecule has 1 saturated carbocycles. The van der Waals surface area contributed by atoms with Gasteiger partial charge in [-0.05, 0) is 43.7 Å². The first-order valence-corrected chi connectivity index (χ1v) is 9.44. The van der Waals surface area contributed by atoms with E-state index in [0.29, 0.717) is 5.41 Å². The lowest BCUT2D eigenvalue weighted by Crippen LogP contribution is -2.36. The molecule has 2 heterocycles. The number of hydrogen-bond donors (Lipinski definition) is 1. The summed E-state index contributed by atoms with van der Waals surface area (Å²) in [5.41, 5.74) is 1.94. The van der Waals surface area contributed by atoms with Crippen LogP contribution in [0.5, 0.6) is 0 Å². The Hall–Kier alpha value is -0.480. The van der Waals surface area contributed by atoms with Crippen LogP contribution in [-0.2, 0) is 6.54 Å². The van der Waals surface area contributed by atoms with Crippen molar-refractivity contribution in [3.63, 3.8) is 0 Å². The zero-order valence-corrected chi connectivity index (χ0v) is 14.1. The van der Waals surface area contributed by atoms with E-state index in [0.717, 1.165) is 18.3 Å². The monoisotopic (exact) mass is 308 g/mol. The minimum absolute atomic E-state index is 0.532. The summed E-state index contributed by atoms with van der Waals surface area (Å²) in [7, 11) is 0. The molecule has 0 aromatic carbocycles. The van der Waals surface area contributed by atoms with E-state index in [4.69, 9.17) is 4.99 Å². The number of nitrogens with one attached hydrogen (secondary N) is 1. The predicted molar refractivity (Wildman–Crippen MR) is 90.9 cm³/mol. The van der Waals surface area contributed by atoms with E-state index >= 15 is 0 Å². The summed E-state index contributed by atoms with van der Waals surface area (Å²) < 4.78 is 0. The highest BCUT2D eigenvalue weighted by Gasteiger charge is 2.34. The summed E-state index contributed by atoms with van der Waals surface area (Å²) in [5, 5.41) is 4.68. The summed E-state index contributed by atoms with van der Waals surface area (Å²) in [6.07, 6.45) is 7.03. The molecule has 1 fully saturated rings. The molecule has 110 valence electrons. The smallest absolute Gasteiger partial charge is 0.156 e. The third kappa shape index (κ3) is 3.22. The van der Waals surface area contributed by atoms with Gasteiger partial charge >= 0.3 is 0 Å². The van der Waals surface area contributed by atoms with Gasteiger partial charge in [0.2, 0.25) is 0 Å². The Morgan fingerprint density at radius 1 is 1.25 bits per heavy atom. The Balaban J connectivity index is 1.54. The van der Waals surface area contributed by atoms with Crippen LogP contribution < -0.4 is 5.32 Å². The molecule has 1 aromatic heterocycles. The van der Waals surface area contributed by atoms with Crippen LogP contribution in [-0.4, -0.2) is 17.5 Å². The molecule has 3 rings (SSSR count). The molecule has 1 N–H and O–H groups in total. The van der Waals surface area contributed by atoms with Gasteiger partial charge in [-0.15, -0.1) is 11.3 Å². The minimum atomic E-state index is 0.532. The number of nitrogens with zero attached hydrogens (tertiary/aromatic N) is 1. The Labute approximate surface area is 130 Å². The predicted octanol–water partition coefficient (Wildman–Crippen LogP) is 4.51. The van der Waals surface area contributed by atoms with Crippen molar-refractivity contribution >= 4 is 28.3 Å². The first kappa shape index (κ1) is 14.5. The zero-order chi connectivity index (χ0) is 14.0. The lowest BCUT2D eigenvalue weighted by Gasteiger charge is -2.38. The van der Waals surface area contributed by atoms with Gasteiger partial charge in [-0.2, -0.15) is 0 Å². The van der Waals surface area contributed by atoms with Crippen LogP contribution >= 0.6 is 23.1 Å². The minimum Gasteiger partial charge on any atom is -0.360 e. The Morgan fingerprint density at radius 2 is 2.05 bits per heavy atom. The quantitative estimate of drug-likeness (QED) is 0.869. The lowest BCUT2D eigenvalue weighted by molar-refractivity contribution is 0.232. The molecular weight excluding hydrogens is 284 g/mol. The Morgan fingerprint density at radius 3 is 2.65 bits per heavy atom. The van der Waals surface area contributed by atoms with Gasteiger partial charge in [0.1, 0.15) is 0 Å². The van der Waals surface area contributed by atoms with Crippen LogP contribution in [0.25, 0.3) is 0 Å². The van der Waals surface area contributed by atoms with E-state index in [-0.39, 0.29) is 0 Å². The van der Waals surface area contributed by atoms with Crippen molar-refractivity contribution in [1.82, 2.24) is 5.32 Å². The molecule has 0 amide bonds. The van der Waals surface area contributed by atoms with Crippen LogP contribution in [0.15, 0.2) is 11.1 Å². The normalized spacial score (nSPS) is 21.8. The van der Waals surface area contributed by atoms with Crippen LogP contribution in [0.2, 0.25) is 0 Å². The second-order valence-corrected chi connectivity index (χ2v) is 8.58. The van der Waals surface area contributed by atoms with Gasteiger partial charge in [-0.3, -0.25) is 4.99 Å². The fourth-order valence-electron chi connectivity index (χ4n) is 3.16. The SMILES string of the molecule is Cc1cc(CNC2=NCC3(CCCCC3)CS2)sc1C. The van der Waals surface area contributed by atoms with E-state index in [1.54, 1.807) is 0 Å². The fraction of sp³-hybridized carbons (Fsp3) is 0.688. The maximum absolute atomic E-state index is 4.82. The molecule has 20 heavy (non-hydrogen) atoms. The molecule has 1 aromatic rings. The van der Waals surface area contributed by atoms with Crippen LogP contribution in [0.1, 0.15) is 47.4 Å². The maximum atomic E-state index is 4.82. The van der Waals surface area contributed by atoms with Gasteiger partial charge in [0.15, 0.2) is 5.17 Å². The molecule has 2 aliphatic rings. The maximum Gasteiger partial charge on any atom is 0.156 e. The Bertz CT molecular complexity index is 479. The van der Waals surface area contributed by atoms with Crippen LogP contribution in [0.4, 0.5) is 0 Å². The topological polar surface area (TPSA) is 24.4 Å². The zero-order valence-electron chi connectivity index (χ0n) is 12.5. The van der Waals surface area contributed by atoms with E-state index in [1.165, 1.54) is 53.2 Å². The number of thiophene rings is 1. The lowest BCUT2D eigenvalue weighted by atomic mass is 9.75. The summed E-state index contributed by atoms with van der Waals surface area (Å²) >= 11 is 3.84. The van der Waals surface area contributed by atoms with Gasteiger partial charge in [0.05, 0.1) is 6.54 Å². The summed E-state index contributed by atoms with van der Waals surface area (Å²) in [6.45, 7) is 6.36. The molecule has 0 saturated heterocycles. The summed E-state index contributed by atoms with van der Waals surface area (Å²) in [6, 6.07) is 2.30. The third-order valence-electron chi connectivity index (χ3n) is 4.62. The average molecular weight is 309 g/mol. The number of thioether (sulfide) groups is 1. The molecular formula is C16H24N2S2. The molecule has 4 heteroatoms. The number of hydrogen-bond acceptors (Lipinski definition) is 4. The van der Waals surface area contributed by atoms with Crippen molar-refractivity contribution in [3.05, 3.63) is 21.4 Å². The average Bonchev–Trinajstić information content (AvgIpc) is 2.78. The molecule has 1 aliphatic heterocycles. The van der Waals surface area contributed by atoms with Crippen molar-refractivity contribution in [2.45, 2.75) is 52.5 Å². The molecule has 2 nitrogen and oxygen atoms in total. The molecule has 0 bridgehead atoms. The molecule has 0 unspecified atom stereocenters. The number of rotatable bonds is 2. The van der Waals surface area contributed by atoms with E-state index in [9.17, 15) is 0 Å². The molecule has 0 atom stereocenters. The van der Waals surface area contributed by atoms with E-state index in [2.05, 4.69) is 25.2 Å². The number of aliphatic imine (C=N–C) groups is 1. The van der Waals surface area contributed by atoms with Gasteiger partial charge < -0.3 is 5.32 Å². The number of amidine groups is 1. The first-order chi connectivity index (χ1) is 9.67. The van der Waals surface area contributed by atoms with Crippen molar-refractivity contribution in [1.29, 1.82) is 0 Å². The van der Waals surface area contributed by atoms with Crippen LogP contribution in [0, 0.1) is 19.3 Å². The van der Waals surface area contributed by atoms with Gasteiger partial charge in [-0.25, -0.2) is 0 Å². The molecule has 0 radical (unpaired) electrons. The highest BCUT2D eigenvalue weighted by Crippen LogP contribution is 2.41. The highest BCUT2D eigenvalue weighted by atomic mass is 32.2. The van der Waals surface area contributed by atoms with Gasteiger partial charge in [-0.1, -0.05) is 31.0 Å². The largest absolute Gasteiger partial charge is 0.360 e. The first-order valence-electron chi connectivity index (χ1n) is 7.64. The second-order valence-electron chi connectivity index (χ2n) is 6.28. The highest BCUT2D eigenvalue weighted by molar-refractivity contribution is 8.13. The van der Waals surface area contributed by atoms with Crippen molar-refractivity contribution in [3.8, 4) is 0 Å². The molecule has 1 aliphatic carbocycles. The number of aryl methyl sites for hydroxylation is 2. The van der Waals surface area contributed by atoms with E-state index in [1.807, 2.05) is 23.1 Å². The third-order valence-corrected chi connectivity index (χ3v) is 7.07. The van der Waals surface area contributed by atoms with Crippen LogP contribution in [0.3, 0.4) is 0 Å². The summed E-state index contributed by atoms with van der Waals surface area (Å²) in [4.78, 5) is 7.67. The Kier molecular flexibility index (Phi) is 4.41.